The van der Waals surface area contributed by atoms with Crippen molar-refractivity contribution in [2.24, 2.45) is 0 Å². The normalized spacial score (nSPS) is 13.2. The minimum absolute atomic E-state index is 0.140. The number of nitrogens with two attached hydrogens (primary N) is 1. The van der Waals surface area contributed by atoms with Crippen LogP contribution in [0.4, 0.5) is 23.2 Å². The first-order chi connectivity index (χ1) is 9.36. The number of benzene rings is 1. The van der Waals surface area contributed by atoms with E-state index in [1.165, 1.54) is 13.8 Å². The van der Waals surface area contributed by atoms with E-state index in [0.717, 1.165) is 12.1 Å². The number of nitrogens with zero attached hydrogens (tertiary/aromatic N) is 1. The molecule has 0 bridgehead atoms. The minimum Gasteiger partial charge on any atom is -0.396 e. The summed E-state index contributed by atoms with van der Waals surface area (Å²) in [7, 11) is -4.74. The second kappa shape index (κ2) is 5.98. The fourth-order valence-corrected chi connectivity index (χ4v) is 3.66. The predicted octanol–water partition coefficient (Wildman–Crippen LogP) is 3.02. The van der Waals surface area contributed by atoms with E-state index in [4.69, 9.17) is 17.3 Å². The Labute approximate surface area is 124 Å². The van der Waals surface area contributed by atoms with Crippen LogP contribution in [0, 0.1) is 5.82 Å². The molecule has 1 aromatic carbocycles. The molecule has 1 rings (SSSR count). The van der Waals surface area contributed by atoms with E-state index in [2.05, 4.69) is 0 Å². The number of hydrogen-bond donors (Lipinski definition) is 1. The molecule has 0 amide bonds. The van der Waals surface area contributed by atoms with Gasteiger partial charge in [0.1, 0.15) is 11.4 Å². The highest BCUT2D eigenvalue weighted by Gasteiger charge is 2.39. The van der Waals surface area contributed by atoms with Gasteiger partial charge in [-0.15, -0.1) is 0 Å². The number of nitrogen functional groups attached to an aromatic ring is 1. The van der Waals surface area contributed by atoms with Crippen LogP contribution >= 0.6 is 11.6 Å². The largest absolute Gasteiger partial charge is 0.402 e. The maximum Gasteiger partial charge on any atom is 0.402 e. The van der Waals surface area contributed by atoms with Gasteiger partial charge in [-0.05, 0) is 26.0 Å². The second-order valence-electron chi connectivity index (χ2n) is 4.57. The molecule has 0 saturated carbocycles. The molecular weight excluding hydrogens is 336 g/mol. The molecular formula is C11H13ClF4N2O2S. The molecule has 0 saturated heterocycles. The van der Waals surface area contributed by atoms with Gasteiger partial charge in [-0.2, -0.15) is 17.5 Å². The first kappa shape index (κ1) is 18.0. The number of hydrogen-bond acceptors (Lipinski definition) is 3. The standard InChI is InChI=1S/C11H13ClF4N2O2S/c1-6(2)18(5-11(14,15)16)21(19,20)9-4-7(12)3-8(17)10(9)13/h3-4,6H,5,17H2,1-2H3. The third-order valence-electron chi connectivity index (χ3n) is 2.53. The zero-order valence-electron chi connectivity index (χ0n) is 11.1. The van der Waals surface area contributed by atoms with Crippen LogP contribution in [0.5, 0.6) is 0 Å². The van der Waals surface area contributed by atoms with Crippen molar-refractivity contribution in [3.63, 3.8) is 0 Å². The molecule has 2 N–H and O–H groups in total. The van der Waals surface area contributed by atoms with Crippen molar-refractivity contribution in [2.75, 3.05) is 12.3 Å². The molecule has 0 aliphatic heterocycles. The Balaban J connectivity index is 3.44. The molecule has 0 aromatic heterocycles. The Morgan fingerprint density at radius 3 is 2.29 bits per heavy atom. The maximum atomic E-state index is 13.9. The Hall–Kier alpha value is -1.06. The monoisotopic (exact) mass is 348 g/mol. The van der Waals surface area contributed by atoms with E-state index in [-0.39, 0.29) is 9.33 Å². The van der Waals surface area contributed by atoms with Gasteiger partial charge in [-0.25, -0.2) is 12.8 Å². The molecule has 21 heavy (non-hydrogen) atoms. The zero-order valence-corrected chi connectivity index (χ0v) is 12.7. The third kappa shape index (κ3) is 4.21. The minimum atomic E-state index is -4.77. The lowest BCUT2D eigenvalue weighted by molar-refractivity contribution is -0.138. The van der Waals surface area contributed by atoms with Crippen LogP contribution in [0.1, 0.15) is 13.8 Å². The van der Waals surface area contributed by atoms with Crippen molar-refractivity contribution in [1.29, 1.82) is 0 Å². The molecule has 0 radical (unpaired) electrons. The Morgan fingerprint density at radius 2 is 1.86 bits per heavy atom. The van der Waals surface area contributed by atoms with Crippen molar-refractivity contribution in [2.45, 2.75) is 31.0 Å². The SMILES string of the molecule is CC(C)N(CC(F)(F)F)S(=O)(=O)c1cc(Cl)cc(N)c1F. The van der Waals surface area contributed by atoms with Gasteiger partial charge < -0.3 is 5.73 Å². The van der Waals surface area contributed by atoms with Gasteiger partial charge in [0.25, 0.3) is 0 Å². The zero-order chi connectivity index (χ0) is 16.6. The van der Waals surface area contributed by atoms with Gasteiger partial charge in [0.2, 0.25) is 10.0 Å². The van der Waals surface area contributed by atoms with E-state index in [1.807, 2.05) is 0 Å². The summed E-state index contributed by atoms with van der Waals surface area (Å²) in [6, 6.07) is 0.671. The number of sulfonamides is 1. The lowest BCUT2D eigenvalue weighted by Gasteiger charge is -2.27. The average molecular weight is 349 g/mol. The fraction of sp³-hybridized carbons (Fsp3) is 0.455. The summed E-state index contributed by atoms with van der Waals surface area (Å²) in [5, 5.41) is -0.191. The molecule has 0 heterocycles. The van der Waals surface area contributed by atoms with Crippen LogP contribution in [-0.2, 0) is 10.0 Å². The second-order valence-corrected chi connectivity index (χ2v) is 6.86. The highest BCUT2D eigenvalue weighted by atomic mass is 35.5. The van der Waals surface area contributed by atoms with E-state index in [1.54, 1.807) is 0 Å². The molecule has 0 spiro atoms. The van der Waals surface area contributed by atoms with E-state index in [0.29, 0.717) is 0 Å². The third-order valence-corrected chi connectivity index (χ3v) is 4.77. The molecule has 10 heteroatoms. The number of anilines is 1. The molecule has 4 nitrogen and oxygen atoms in total. The van der Waals surface area contributed by atoms with Crippen LogP contribution in [0.3, 0.4) is 0 Å². The smallest absolute Gasteiger partial charge is 0.396 e. The molecule has 0 fully saturated rings. The Morgan fingerprint density at radius 1 is 1.33 bits per heavy atom. The molecule has 0 atom stereocenters. The summed E-state index contributed by atoms with van der Waals surface area (Å²) < 4.78 is 76.1. The van der Waals surface area contributed by atoms with Crippen LogP contribution in [-0.4, -0.2) is 31.5 Å². The Bertz CT molecular complexity index is 632. The molecule has 0 aliphatic rings. The summed E-state index contributed by atoms with van der Waals surface area (Å²) >= 11 is 5.59. The Kier molecular flexibility index (Phi) is 5.12. The van der Waals surface area contributed by atoms with E-state index >= 15 is 0 Å². The lowest BCUT2D eigenvalue weighted by Crippen LogP contribution is -2.43. The summed E-state index contributed by atoms with van der Waals surface area (Å²) in [6.45, 7) is 0.753. The van der Waals surface area contributed by atoms with E-state index in [9.17, 15) is 26.0 Å². The quantitative estimate of drug-likeness (QED) is 0.672. The van der Waals surface area contributed by atoms with Crippen molar-refractivity contribution < 1.29 is 26.0 Å². The number of alkyl halides is 3. The molecule has 0 aliphatic carbocycles. The summed E-state index contributed by atoms with van der Waals surface area (Å²) in [5.41, 5.74) is 4.70. The summed E-state index contributed by atoms with van der Waals surface area (Å²) in [5.74, 6) is -1.33. The average Bonchev–Trinajstić information content (AvgIpc) is 2.29. The van der Waals surface area contributed by atoms with Gasteiger partial charge in [-0.3, -0.25) is 0 Å². The first-order valence-corrected chi connectivity index (χ1v) is 7.51. The highest BCUT2D eigenvalue weighted by Crippen LogP contribution is 2.30. The van der Waals surface area contributed by atoms with Crippen molar-refractivity contribution in [3.8, 4) is 0 Å². The van der Waals surface area contributed by atoms with E-state index < -0.39 is 45.2 Å². The first-order valence-electron chi connectivity index (χ1n) is 5.69. The predicted molar refractivity (Wildman–Crippen MR) is 70.9 cm³/mol. The summed E-state index contributed by atoms with van der Waals surface area (Å²) in [4.78, 5) is -0.981. The molecule has 0 unspecified atom stereocenters. The molecule has 1 aromatic rings. The number of rotatable bonds is 4. The van der Waals surface area contributed by atoms with Crippen molar-refractivity contribution in [1.82, 2.24) is 4.31 Å². The van der Waals surface area contributed by atoms with Crippen LogP contribution < -0.4 is 5.73 Å². The summed E-state index contributed by atoms with van der Waals surface area (Å²) in [6.07, 6.45) is -4.77. The number of halogens is 5. The topological polar surface area (TPSA) is 63.4 Å². The lowest BCUT2D eigenvalue weighted by atomic mass is 10.3. The van der Waals surface area contributed by atoms with Crippen LogP contribution in [0.2, 0.25) is 5.02 Å². The van der Waals surface area contributed by atoms with Gasteiger partial charge in [0, 0.05) is 11.1 Å². The van der Waals surface area contributed by atoms with Crippen molar-refractivity contribution >= 4 is 27.3 Å². The van der Waals surface area contributed by atoms with Crippen molar-refractivity contribution in [3.05, 3.63) is 23.0 Å². The van der Waals surface area contributed by atoms with Gasteiger partial charge in [0.15, 0.2) is 5.82 Å². The van der Waals surface area contributed by atoms with Crippen LogP contribution in [0.15, 0.2) is 17.0 Å². The van der Waals surface area contributed by atoms with Crippen LogP contribution in [0.25, 0.3) is 0 Å². The fourth-order valence-electron chi connectivity index (χ4n) is 1.62. The maximum absolute atomic E-state index is 13.9. The van der Waals surface area contributed by atoms with Gasteiger partial charge in [-0.1, -0.05) is 11.6 Å². The van der Waals surface area contributed by atoms with Gasteiger partial charge >= 0.3 is 6.18 Å². The highest BCUT2D eigenvalue weighted by molar-refractivity contribution is 7.89. The molecule has 120 valence electrons. The van der Waals surface area contributed by atoms with Gasteiger partial charge in [0.05, 0.1) is 5.69 Å².